The Morgan fingerprint density at radius 3 is 2.88 bits per heavy atom. The van der Waals surface area contributed by atoms with E-state index in [1.165, 1.54) is 12.8 Å². The van der Waals surface area contributed by atoms with E-state index in [-0.39, 0.29) is 12.6 Å². The fourth-order valence-electron chi connectivity index (χ4n) is 2.18. The van der Waals surface area contributed by atoms with Crippen LogP contribution in [-0.2, 0) is 0 Å². The van der Waals surface area contributed by atoms with Crippen molar-refractivity contribution in [2.45, 2.75) is 24.9 Å². The first-order valence-electron chi connectivity index (χ1n) is 6.09. The number of pyridine rings is 1. The van der Waals surface area contributed by atoms with Gasteiger partial charge in [0.1, 0.15) is 0 Å². The molecule has 1 fully saturated rings. The maximum atomic E-state index is 9.53. The van der Waals surface area contributed by atoms with Crippen molar-refractivity contribution >= 4 is 10.9 Å². The fourth-order valence-corrected chi connectivity index (χ4v) is 2.18. The van der Waals surface area contributed by atoms with Crippen LogP contribution < -0.4 is 5.32 Å². The number of aliphatic hydroxyl groups excluding tert-OH is 1. The summed E-state index contributed by atoms with van der Waals surface area (Å²) in [6.45, 7) is 0.117. The van der Waals surface area contributed by atoms with Crippen LogP contribution in [0.2, 0.25) is 0 Å². The molecule has 1 unspecified atom stereocenters. The lowest BCUT2D eigenvalue weighted by molar-refractivity contribution is 0.244. The summed E-state index contributed by atoms with van der Waals surface area (Å²) in [7, 11) is 0. The highest BCUT2D eigenvalue weighted by Crippen LogP contribution is 2.27. The predicted octanol–water partition coefficient (Wildman–Crippen LogP) is 2.02. The van der Waals surface area contributed by atoms with E-state index in [1.54, 1.807) is 6.20 Å². The number of hydrogen-bond donors (Lipinski definition) is 2. The van der Waals surface area contributed by atoms with Gasteiger partial charge >= 0.3 is 0 Å². The zero-order valence-electron chi connectivity index (χ0n) is 9.63. The number of rotatable bonds is 4. The largest absolute Gasteiger partial charge is 0.394 e. The summed E-state index contributed by atoms with van der Waals surface area (Å²) in [6.07, 6.45) is 4.24. The molecular weight excluding hydrogens is 212 g/mol. The van der Waals surface area contributed by atoms with Crippen LogP contribution in [0.3, 0.4) is 0 Å². The predicted molar refractivity (Wildman–Crippen MR) is 67.7 cm³/mol. The van der Waals surface area contributed by atoms with Crippen LogP contribution >= 0.6 is 0 Å². The number of nitrogens with zero attached hydrogens (tertiary/aromatic N) is 1. The van der Waals surface area contributed by atoms with E-state index in [1.807, 2.05) is 18.2 Å². The molecule has 3 nitrogen and oxygen atoms in total. The summed E-state index contributed by atoms with van der Waals surface area (Å²) in [4.78, 5) is 4.43. The first kappa shape index (κ1) is 10.7. The Balaban J connectivity index is 2.01. The molecule has 3 heteroatoms. The maximum Gasteiger partial charge on any atom is 0.0750 e. The van der Waals surface area contributed by atoms with Gasteiger partial charge < -0.3 is 10.4 Å². The molecule has 88 valence electrons. The van der Waals surface area contributed by atoms with Crippen LogP contribution in [-0.4, -0.2) is 22.7 Å². The number of para-hydroxylation sites is 1. The number of aromatic nitrogens is 1. The van der Waals surface area contributed by atoms with Gasteiger partial charge in [0.05, 0.1) is 18.2 Å². The van der Waals surface area contributed by atoms with Gasteiger partial charge in [-0.25, -0.2) is 0 Å². The van der Waals surface area contributed by atoms with E-state index >= 15 is 0 Å². The second-order valence-electron chi connectivity index (χ2n) is 4.60. The summed E-state index contributed by atoms with van der Waals surface area (Å²) in [5, 5.41) is 14.1. The number of fused-ring (bicyclic) bond motifs is 1. The summed E-state index contributed by atoms with van der Waals surface area (Å²) in [5.74, 6) is 0. The molecule has 1 saturated carbocycles. The van der Waals surface area contributed by atoms with Crippen molar-refractivity contribution in [1.29, 1.82) is 0 Å². The van der Waals surface area contributed by atoms with Crippen molar-refractivity contribution in [2.75, 3.05) is 6.61 Å². The van der Waals surface area contributed by atoms with Crippen molar-refractivity contribution < 1.29 is 5.11 Å². The van der Waals surface area contributed by atoms with Crippen LogP contribution in [0.1, 0.15) is 24.4 Å². The molecule has 17 heavy (non-hydrogen) atoms. The molecule has 1 aromatic heterocycles. The Kier molecular flexibility index (Phi) is 2.79. The summed E-state index contributed by atoms with van der Waals surface area (Å²) in [6, 6.07) is 10.7. The van der Waals surface area contributed by atoms with E-state index < -0.39 is 0 Å². The first-order chi connectivity index (χ1) is 8.38. The van der Waals surface area contributed by atoms with Crippen LogP contribution in [0.4, 0.5) is 0 Å². The fraction of sp³-hybridized carbons (Fsp3) is 0.357. The van der Waals surface area contributed by atoms with Gasteiger partial charge in [0.2, 0.25) is 0 Å². The molecule has 2 N–H and O–H groups in total. The topological polar surface area (TPSA) is 45.1 Å². The van der Waals surface area contributed by atoms with Gasteiger partial charge in [-0.15, -0.1) is 0 Å². The van der Waals surface area contributed by atoms with Gasteiger partial charge in [-0.3, -0.25) is 4.98 Å². The molecule has 1 aliphatic rings. The molecule has 0 amide bonds. The SMILES string of the molecule is OCC(NC1CC1)c1cccc2cccnc12. The second kappa shape index (κ2) is 4.43. The Morgan fingerprint density at radius 2 is 2.12 bits per heavy atom. The Labute approximate surface area is 100 Å². The second-order valence-corrected chi connectivity index (χ2v) is 4.60. The van der Waals surface area contributed by atoms with Gasteiger partial charge in [0, 0.05) is 17.6 Å². The van der Waals surface area contributed by atoms with Crippen LogP contribution in [0.5, 0.6) is 0 Å². The minimum Gasteiger partial charge on any atom is -0.394 e. The molecule has 0 aliphatic heterocycles. The Hall–Kier alpha value is -1.45. The third kappa shape index (κ3) is 2.16. The van der Waals surface area contributed by atoms with E-state index in [2.05, 4.69) is 22.4 Å². The van der Waals surface area contributed by atoms with Crippen molar-refractivity contribution in [2.24, 2.45) is 0 Å². The van der Waals surface area contributed by atoms with E-state index in [0.717, 1.165) is 16.5 Å². The van der Waals surface area contributed by atoms with Gasteiger partial charge in [-0.2, -0.15) is 0 Å². The van der Waals surface area contributed by atoms with Crippen molar-refractivity contribution in [3.05, 3.63) is 42.1 Å². The van der Waals surface area contributed by atoms with Gasteiger partial charge in [0.25, 0.3) is 0 Å². The molecule has 2 aromatic rings. The van der Waals surface area contributed by atoms with Gasteiger partial charge in [-0.05, 0) is 24.5 Å². The minimum absolute atomic E-state index is 0.00102. The number of aliphatic hydroxyl groups is 1. The van der Waals surface area contributed by atoms with E-state index in [9.17, 15) is 5.11 Å². The first-order valence-corrected chi connectivity index (χ1v) is 6.09. The molecule has 3 rings (SSSR count). The molecule has 1 aromatic carbocycles. The average Bonchev–Trinajstić information content (AvgIpc) is 3.19. The number of nitrogens with one attached hydrogen (secondary N) is 1. The third-order valence-electron chi connectivity index (χ3n) is 3.24. The molecular formula is C14H16N2O. The average molecular weight is 228 g/mol. The van der Waals surface area contributed by atoms with Gasteiger partial charge in [0.15, 0.2) is 0 Å². The molecule has 1 aliphatic carbocycles. The highest BCUT2D eigenvalue weighted by atomic mass is 16.3. The van der Waals surface area contributed by atoms with Crippen LogP contribution in [0.15, 0.2) is 36.5 Å². The van der Waals surface area contributed by atoms with E-state index in [4.69, 9.17) is 0 Å². The number of hydrogen-bond acceptors (Lipinski definition) is 3. The quantitative estimate of drug-likeness (QED) is 0.841. The summed E-state index contributed by atoms with van der Waals surface area (Å²) < 4.78 is 0. The van der Waals surface area contributed by atoms with Crippen molar-refractivity contribution in [3.63, 3.8) is 0 Å². The lowest BCUT2D eigenvalue weighted by Gasteiger charge is -2.17. The standard InChI is InChI=1S/C14H16N2O/c17-9-13(16-11-6-7-11)12-5-1-3-10-4-2-8-15-14(10)12/h1-5,8,11,13,16-17H,6-7,9H2. The summed E-state index contributed by atoms with van der Waals surface area (Å²) >= 11 is 0. The molecule has 0 spiro atoms. The van der Waals surface area contributed by atoms with Gasteiger partial charge in [-0.1, -0.05) is 24.3 Å². The highest BCUT2D eigenvalue weighted by molar-refractivity contribution is 5.82. The molecule has 0 bridgehead atoms. The zero-order chi connectivity index (χ0) is 11.7. The van der Waals surface area contributed by atoms with Crippen LogP contribution in [0.25, 0.3) is 10.9 Å². The molecule has 1 atom stereocenters. The Bertz CT molecular complexity index is 517. The zero-order valence-corrected chi connectivity index (χ0v) is 9.63. The smallest absolute Gasteiger partial charge is 0.0750 e. The minimum atomic E-state index is 0.00102. The lowest BCUT2D eigenvalue weighted by Crippen LogP contribution is -2.26. The lowest BCUT2D eigenvalue weighted by atomic mass is 10.0. The summed E-state index contributed by atoms with van der Waals surface area (Å²) in [5.41, 5.74) is 2.08. The van der Waals surface area contributed by atoms with E-state index in [0.29, 0.717) is 6.04 Å². The normalized spacial score (nSPS) is 17.2. The van der Waals surface area contributed by atoms with Crippen molar-refractivity contribution in [3.8, 4) is 0 Å². The molecule has 0 saturated heterocycles. The van der Waals surface area contributed by atoms with Crippen LogP contribution in [0, 0.1) is 0 Å². The maximum absolute atomic E-state index is 9.53. The Morgan fingerprint density at radius 1 is 1.29 bits per heavy atom. The number of benzene rings is 1. The molecule has 1 heterocycles. The molecule has 0 radical (unpaired) electrons. The highest BCUT2D eigenvalue weighted by Gasteiger charge is 2.25. The monoisotopic (exact) mass is 228 g/mol. The third-order valence-corrected chi connectivity index (χ3v) is 3.24. The van der Waals surface area contributed by atoms with Crippen molar-refractivity contribution in [1.82, 2.24) is 10.3 Å².